The van der Waals surface area contributed by atoms with Crippen LogP contribution in [0, 0.1) is 10.1 Å². The maximum Gasteiger partial charge on any atom is 0.338 e. The van der Waals surface area contributed by atoms with E-state index >= 15 is 0 Å². The lowest BCUT2D eigenvalue weighted by atomic mass is 10.0. The summed E-state index contributed by atoms with van der Waals surface area (Å²) in [5, 5.41) is 23.1. The van der Waals surface area contributed by atoms with Gasteiger partial charge in [-0.3, -0.25) is 19.5 Å². The van der Waals surface area contributed by atoms with Gasteiger partial charge in [-0.25, -0.2) is 9.79 Å². The highest BCUT2D eigenvalue weighted by atomic mass is 32.1. The number of aromatic nitrogens is 1. The summed E-state index contributed by atoms with van der Waals surface area (Å²) in [6.07, 6.45) is 1.39. The number of aromatic hydroxyl groups is 1. The minimum atomic E-state index is -0.703. The molecule has 3 aromatic rings. The molecule has 4 rings (SSSR count). The van der Waals surface area contributed by atoms with Crippen LogP contribution in [-0.4, -0.2) is 27.2 Å². The minimum Gasteiger partial charge on any atom is -0.507 e. The van der Waals surface area contributed by atoms with Gasteiger partial charge >= 0.3 is 5.97 Å². The first-order valence-corrected chi connectivity index (χ1v) is 11.2. The molecule has 1 unspecified atom stereocenters. The van der Waals surface area contributed by atoms with Gasteiger partial charge in [0.25, 0.3) is 11.2 Å². The molecule has 1 aliphatic rings. The van der Waals surface area contributed by atoms with Gasteiger partial charge in [0.2, 0.25) is 0 Å². The van der Waals surface area contributed by atoms with Crippen molar-refractivity contribution in [1.82, 2.24) is 4.57 Å². The predicted octanol–water partition coefficient (Wildman–Crippen LogP) is 2.47. The summed E-state index contributed by atoms with van der Waals surface area (Å²) in [6, 6.07) is 6.54. The summed E-state index contributed by atoms with van der Waals surface area (Å²) in [5.74, 6) is -0.739. The number of thiazole rings is 1. The van der Waals surface area contributed by atoms with Gasteiger partial charge in [-0.05, 0) is 37.4 Å². The van der Waals surface area contributed by atoms with Gasteiger partial charge in [-0.1, -0.05) is 17.4 Å². The van der Waals surface area contributed by atoms with Crippen LogP contribution >= 0.6 is 22.7 Å². The highest BCUT2D eigenvalue weighted by Gasteiger charge is 2.33. The molecular formula is C21H17N3O6S2. The lowest BCUT2D eigenvalue weighted by molar-refractivity contribution is -0.384. The van der Waals surface area contributed by atoms with Crippen molar-refractivity contribution in [2.24, 2.45) is 4.99 Å². The Morgan fingerprint density at radius 2 is 2.19 bits per heavy atom. The largest absolute Gasteiger partial charge is 0.507 e. The molecule has 0 saturated carbocycles. The molecule has 164 valence electrons. The van der Waals surface area contributed by atoms with Crippen molar-refractivity contribution < 1.29 is 19.6 Å². The first-order valence-electron chi connectivity index (χ1n) is 9.52. The van der Waals surface area contributed by atoms with E-state index in [-0.39, 0.29) is 33.7 Å². The Morgan fingerprint density at radius 3 is 2.84 bits per heavy atom. The molecule has 0 aliphatic carbocycles. The lowest BCUT2D eigenvalue weighted by Gasteiger charge is -2.23. The number of phenols is 1. The number of ether oxygens (including phenoxy) is 1. The second-order valence-electron chi connectivity index (χ2n) is 6.82. The van der Waals surface area contributed by atoms with Crippen molar-refractivity contribution in [3.05, 3.63) is 87.2 Å². The molecule has 11 heteroatoms. The fourth-order valence-corrected chi connectivity index (χ4v) is 5.28. The van der Waals surface area contributed by atoms with E-state index in [9.17, 15) is 24.8 Å². The van der Waals surface area contributed by atoms with Crippen molar-refractivity contribution >= 4 is 40.4 Å². The number of nitro benzene ring substituents is 1. The van der Waals surface area contributed by atoms with Gasteiger partial charge in [0, 0.05) is 22.6 Å². The van der Waals surface area contributed by atoms with E-state index in [1.54, 1.807) is 13.8 Å². The molecule has 1 aliphatic heterocycles. The molecule has 0 spiro atoms. The molecule has 0 saturated heterocycles. The van der Waals surface area contributed by atoms with Gasteiger partial charge in [-0.15, -0.1) is 11.3 Å². The number of hydrogen-bond acceptors (Lipinski definition) is 9. The molecular weight excluding hydrogens is 454 g/mol. The van der Waals surface area contributed by atoms with Gasteiger partial charge < -0.3 is 9.84 Å². The molecule has 3 heterocycles. The second kappa shape index (κ2) is 8.52. The monoisotopic (exact) mass is 471 g/mol. The molecule has 1 atom stereocenters. The first kappa shape index (κ1) is 21.7. The number of carbonyl (C=O) groups excluding carboxylic acids is 1. The smallest absolute Gasteiger partial charge is 0.338 e. The number of hydrogen-bond donors (Lipinski definition) is 1. The molecule has 9 nitrogen and oxygen atoms in total. The Balaban J connectivity index is 1.95. The average molecular weight is 472 g/mol. The molecule has 0 radical (unpaired) electrons. The van der Waals surface area contributed by atoms with E-state index in [2.05, 4.69) is 4.99 Å². The number of allylic oxidation sites excluding steroid dienone is 1. The number of non-ortho nitro benzene ring substituents is 1. The van der Waals surface area contributed by atoms with Gasteiger partial charge in [-0.2, -0.15) is 0 Å². The molecule has 0 bridgehead atoms. The standard InChI is InChI=1S/C21H17N3O6S2/c1-3-30-20(27)17-11(2)22-21-23(18(17)15-5-4-8-31-15)19(26)16(32-21)10-12-9-13(24(28)29)6-7-14(12)25/h4-10,18,25H,3H2,1-2H3/b16-10-. The number of phenolic OH excluding ortho intramolecular Hbond substituents is 1. The Bertz CT molecular complexity index is 1430. The van der Waals surface area contributed by atoms with Crippen LogP contribution in [0.1, 0.15) is 30.3 Å². The highest BCUT2D eigenvalue weighted by molar-refractivity contribution is 7.10. The second-order valence-corrected chi connectivity index (χ2v) is 8.81. The predicted molar refractivity (Wildman–Crippen MR) is 119 cm³/mol. The molecule has 32 heavy (non-hydrogen) atoms. The number of rotatable bonds is 5. The van der Waals surface area contributed by atoms with E-state index in [0.717, 1.165) is 16.2 Å². The number of carbonyl (C=O) groups is 1. The molecule has 1 aromatic carbocycles. The van der Waals surface area contributed by atoms with Crippen molar-refractivity contribution in [3.8, 4) is 5.75 Å². The summed E-state index contributed by atoms with van der Waals surface area (Å²) < 4.78 is 6.87. The average Bonchev–Trinajstić information content (AvgIpc) is 3.37. The number of nitrogens with zero attached hydrogens (tertiary/aromatic N) is 3. The highest BCUT2D eigenvalue weighted by Crippen LogP contribution is 2.33. The zero-order valence-corrected chi connectivity index (χ0v) is 18.6. The fraction of sp³-hybridized carbons (Fsp3) is 0.190. The Kier molecular flexibility index (Phi) is 5.76. The topological polar surface area (TPSA) is 124 Å². The number of benzene rings is 1. The van der Waals surface area contributed by atoms with E-state index in [1.165, 1.54) is 40.2 Å². The van der Waals surface area contributed by atoms with Crippen LogP contribution in [0.15, 0.2) is 56.8 Å². The van der Waals surface area contributed by atoms with Crippen molar-refractivity contribution in [2.45, 2.75) is 19.9 Å². The van der Waals surface area contributed by atoms with Crippen LogP contribution in [0.4, 0.5) is 5.69 Å². The van der Waals surface area contributed by atoms with Crippen molar-refractivity contribution in [3.63, 3.8) is 0 Å². The zero-order valence-electron chi connectivity index (χ0n) is 17.0. The Labute approximate surface area is 189 Å². The third-order valence-corrected chi connectivity index (χ3v) is 6.75. The third-order valence-electron chi connectivity index (χ3n) is 4.84. The van der Waals surface area contributed by atoms with Crippen molar-refractivity contribution in [2.75, 3.05) is 6.61 Å². The van der Waals surface area contributed by atoms with Crippen LogP contribution in [-0.2, 0) is 9.53 Å². The van der Waals surface area contributed by atoms with E-state index in [0.29, 0.717) is 10.5 Å². The maximum absolute atomic E-state index is 13.4. The zero-order chi connectivity index (χ0) is 23.0. The lowest BCUT2D eigenvalue weighted by Crippen LogP contribution is -2.39. The molecule has 2 aromatic heterocycles. The maximum atomic E-state index is 13.4. The normalized spacial score (nSPS) is 15.9. The summed E-state index contributed by atoms with van der Waals surface area (Å²) >= 11 is 2.48. The van der Waals surface area contributed by atoms with E-state index < -0.39 is 22.5 Å². The SMILES string of the molecule is CCOC(=O)C1=C(C)N=c2s/c(=C\c3cc([N+](=O)[O-])ccc3O)c(=O)n2C1c1cccs1. The summed E-state index contributed by atoms with van der Waals surface area (Å²) in [7, 11) is 0. The molecule has 1 N–H and O–H groups in total. The quantitative estimate of drug-likeness (QED) is 0.346. The fourth-order valence-electron chi connectivity index (χ4n) is 3.42. The van der Waals surface area contributed by atoms with Crippen LogP contribution in [0.5, 0.6) is 5.75 Å². The molecule has 0 fully saturated rings. The summed E-state index contributed by atoms with van der Waals surface area (Å²) in [4.78, 5) is 42.2. The van der Waals surface area contributed by atoms with Crippen LogP contribution in [0.2, 0.25) is 0 Å². The number of nitro groups is 1. The van der Waals surface area contributed by atoms with Crippen LogP contribution < -0.4 is 14.9 Å². The van der Waals surface area contributed by atoms with Crippen LogP contribution in [0.3, 0.4) is 0 Å². The Morgan fingerprint density at radius 1 is 1.41 bits per heavy atom. The number of esters is 1. The first-order chi connectivity index (χ1) is 15.3. The summed E-state index contributed by atoms with van der Waals surface area (Å²) in [6.45, 7) is 3.58. The number of fused-ring (bicyclic) bond motifs is 1. The van der Waals surface area contributed by atoms with Gasteiger partial charge in [0.05, 0.1) is 27.3 Å². The van der Waals surface area contributed by atoms with E-state index in [1.807, 2.05) is 17.5 Å². The van der Waals surface area contributed by atoms with Gasteiger partial charge in [0.1, 0.15) is 11.8 Å². The van der Waals surface area contributed by atoms with Gasteiger partial charge in [0.15, 0.2) is 4.80 Å². The van der Waals surface area contributed by atoms with E-state index in [4.69, 9.17) is 4.74 Å². The summed E-state index contributed by atoms with van der Waals surface area (Å²) in [5.41, 5.74) is 0.240. The number of thiophene rings is 1. The molecule has 0 amide bonds. The van der Waals surface area contributed by atoms with Crippen molar-refractivity contribution in [1.29, 1.82) is 0 Å². The third kappa shape index (κ3) is 3.76. The van der Waals surface area contributed by atoms with Crippen LogP contribution in [0.25, 0.3) is 6.08 Å². The Hall–Kier alpha value is -3.57. The minimum absolute atomic E-state index is 0.137.